The summed E-state index contributed by atoms with van der Waals surface area (Å²) in [4.78, 5) is 2.27. The van der Waals surface area contributed by atoms with E-state index in [2.05, 4.69) is 38.7 Å². The van der Waals surface area contributed by atoms with Crippen LogP contribution in [0, 0.1) is 17.2 Å². The first-order chi connectivity index (χ1) is 6.19. The molecule has 2 unspecified atom stereocenters. The quantitative estimate of drug-likeness (QED) is 0.631. The Morgan fingerprint density at radius 2 is 1.85 bits per heavy atom. The summed E-state index contributed by atoms with van der Waals surface area (Å²) >= 11 is 0. The Labute approximate surface area is 82.5 Å². The van der Waals surface area contributed by atoms with Crippen molar-refractivity contribution >= 4 is 0 Å². The average molecular weight is 182 g/mol. The maximum absolute atomic E-state index is 8.92. The Bertz CT molecular complexity index is 160. The maximum atomic E-state index is 8.92. The van der Waals surface area contributed by atoms with E-state index in [0.717, 1.165) is 19.5 Å². The summed E-state index contributed by atoms with van der Waals surface area (Å²) in [5.41, 5.74) is 0. The van der Waals surface area contributed by atoms with Gasteiger partial charge >= 0.3 is 0 Å². The molecular formula is C11H22N2. The summed E-state index contributed by atoms with van der Waals surface area (Å²) in [5, 5.41) is 8.92. The van der Waals surface area contributed by atoms with Crippen LogP contribution in [0.15, 0.2) is 0 Å². The second-order valence-electron chi connectivity index (χ2n) is 3.65. The van der Waals surface area contributed by atoms with Crippen molar-refractivity contribution in [2.45, 2.75) is 46.6 Å². The van der Waals surface area contributed by atoms with Gasteiger partial charge in [0.15, 0.2) is 0 Å². The molecule has 0 amide bonds. The first-order valence-corrected chi connectivity index (χ1v) is 5.33. The van der Waals surface area contributed by atoms with Gasteiger partial charge in [0.05, 0.1) is 12.1 Å². The third-order valence-electron chi connectivity index (χ3n) is 2.63. The third kappa shape index (κ3) is 4.28. The van der Waals surface area contributed by atoms with E-state index < -0.39 is 0 Å². The van der Waals surface area contributed by atoms with Gasteiger partial charge in [0, 0.05) is 6.54 Å². The van der Waals surface area contributed by atoms with Crippen molar-refractivity contribution < 1.29 is 0 Å². The lowest BCUT2D eigenvalue weighted by atomic mass is 10.1. The van der Waals surface area contributed by atoms with Gasteiger partial charge in [-0.1, -0.05) is 34.1 Å². The van der Waals surface area contributed by atoms with Crippen molar-refractivity contribution in [3.63, 3.8) is 0 Å². The highest BCUT2D eigenvalue weighted by atomic mass is 15.1. The van der Waals surface area contributed by atoms with Crippen LogP contribution in [0.5, 0.6) is 0 Å². The minimum absolute atomic E-state index is 0.110. The third-order valence-corrected chi connectivity index (χ3v) is 2.63. The van der Waals surface area contributed by atoms with Gasteiger partial charge in [0.1, 0.15) is 0 Å². The molecule has 0 radical (unpaired) electrons. The van der Waals surface area contributed by atoms with Crippen LogP contribution < -0.4 is 0 Å². The lowest BCUT2D eigenvalue weighted by Crippen LogP contribution is -2.36. The predicted octanol–water partition coefficient (Wildman–Crippen LogP) is 2.66. The predicted molar refractivity (Wildman–Crippen MR) is 56.4 cm³/mol. The zero-order valence-electron chi connectivity index (χ0n) is 9.38. The molecular weight excluding hydrogens is 160 g/mol. The SMILES string of the molecule is CCC(C)CN(CC)C(C#N)CC. The summed E-state index contributed by atoms with van der Waals surface area (Å²) < 4.78 is 0. The van der Waals surface area contributed by atoms with Crippen molar-refractivity contribution in [1.29, 1.82) is 5.26 Å². The zero-order valence-corrected chi connectivity index (χ0v) is 9.38. The van der Waals surface area contributed by atoms with Crippen LogP contribution in [-0.2, 0) is 0 Å². The van der Waals surface area contributed by atoms with Gasteiger partial charge in [-0.15, -0.1) is 0 Å². The van der Waals surface area contributed by atoms with Gasteiger partial charge in [-0.25, -0.2) is 0 Å². The van der Waals surface area contributed by atoms with Gasteiger partial charge in [-0.3, -0.25) is 4.90 Å². The molecule has 2 heteroatoms. The van der Waals surface area contributed by atoms with E-state index in [1.807, 2.05) is 0 Å². The van der Waals surface area contributed by atoms with Gasteiger partial charge in [-0.05, 0) is 18.9 Å². The molecule has 0 aliphatic heterocycles. The number of nitriles is 1. The number of nitrogens with zero attached hydrogens (tertiary/aromatic N) is 2. The van der Waals surface area contributed by atoms with Crippen LogP contribution >= 0.6 is 0 Å². The minimum atomic E-state index is 0.110. The molecule has 0 saturated carbocycles. The molecule has 0 aliphatic rings. The standard InChI is InChI=1S/C11H22N2/c1-5-10(4)9-13(7-3)11(6-2)8-12/h10-11H,5-7,9H2,1-4H3. The molecule has 0 aromatic carbocycles. The van der Waals surface area contributed by atoms with Gasteiger partial charge < -0.3 is 0 Å². The van der Waals surface area contributed by atoms with Gasteiger partial charge in [-0.2, -0.15) is 5.26 Å². The van der Waals surface area contributed by atoms with Crippen LogP contribution in [0.25, 0.3) is 0 Å². The smallest absolute Gasteiger partial charge is 0.0975 e. The first-order valence-electron chi connectivity index (χ1n) is 5.33. The molecule has 0 aromatic heterocycles. The summed E-state index contributed by atoms with van der Waals surface area (Å²) in [5.74, 6) is 0.697. The molecule has 0 N–H and O–H groups in total. The van der Waals surface area contributed by atoms with Crippen LogP contribution in [0.1, 0.15) is 40.5 Å². The minimum Gasteiger partial charge on any atom is -0.288 e. The summed E-state index contributed by atoms with van der Waals surface area (Å²) in [7, 11) is 0. The van der Waals surface area contributed by atoms with Crippen molar-refractivity contribution in [3.05, 3.63) is 0 Å². The highest BCUT2D eigenvalue weighted by molar-refractivity contribution is 4.90. The van der Waals surface area contributed by atoms with Gasteiger partial charge in [0.25, 0.3) is 0 Å². The van der Waals surface area contributed by atoms with Crippen LogP contribution in [-0.4, -0.2) is 24.0 Å². The molecule has 76 valence electrons. The first kappa shape index (κ1) is 12.4. The van der Waals surface area contributed by atoms with Crippen molar-refractivity contribution in [2.75, 3.05) is 13.1 Å². The Balaban J connectivity index is 4.08. The Hall–Kier alpha value is -0.550. The lowest BCUT2D eigenvalue weighted by Gasteiger charge is -2.27. The fourth-order valence-electron chi connectivity index (χ4n) is 1.44. The van der Waals surface area contributed by atoms with E-state index in [0.29, 0.717) is 5.92 Å². The molecule has 0 bridgehead atoms. The van der Waals surface area contributed by atoms with Crippen LogP contribution in [0.3, 0.4) is 0 Å². The second kappa shape index (κ2) is 6.91. The molecule has 2 atom stereocenters. The molecule has 0 spiro atoms. The highest BCUT2D eigenvalue weighted by Crippen LogP contribution is 2.09. The molecule has 0 rings (SSSR count). The van der Waals surface area contributed by atoms with Crippen LogP contribution in [0.4, 0.5) is 0 Å². The summed E-state index contributed by atoms with van der Waals surface area (Å²) in [6, 6.07) is 2.47. The van der Waals surface area contributed by atoms with E-state index in [9.17, 15) is 0 Å². The second-order valence-corrected chi connectivity index (χ2v) is 3.65. The fraction of sp³-hybridized carbons (Fsp3) is 0.909. The number of hydrogen-bond acceptors (Lipinski definition) is 2. The van der Waals surface area contributed by atoms with Crippen molar-refractivity contribution in [2.24, 2.45) is 5.92 Å². The Kier molecular flexibility index (Phi) is 6.62. The lowest BCUT2D eigenvalue weighted by molar-refractivity contribution is 0.207. The molecule has 0 aromatic rings. The fourth-order valence-corrected chi connectivity index (χ4v) is 1.44. The Morgan fingerprint density at radius 3 is 2.15 bits per heavy atom. The highest BCUT2D eigenvalue weighted by Gasteiger charge is 2.15. The number of rotatable bonds is 6. The molecule has 0 aliphatic carbocycles. The normalized spacial score (nSPS) is 15.4. The van der Waals surface area contributed by atoms with Crippen molar-refractivity contribution in [3.8, 4) is 6.07 Å². The monoisotopic (exact) mass is 182 g/mol. The zero-order chi connectivity index (χ0) is 10.3. The molecule has 13 heavy (non-hydrogen) atoms. The largest absolute Gasteiger partial charge is 0.288 e. The topological polar surface area (TPSA) is 27.0 Å². The molecule has 0 heterocycles. The Morgan fingerprint density at radius 1 is 1.23 bits per heavy atom. The van der Waals surface area contributed by atoms with E-state index >= 15 is 0 Å². The summed E-state index contributed by atoms with van der Waals surface area (Å²) in [6.07, 6.45) is 2.12. The molecule has 2 nitrogen and oxygen atoms in total. The van der Waals surface area contributed by atoms with E-state index in [4.69, 9.17) is 5.26 Å². The summed E-state index contributed by atoms with van der Waals surface area (Å²) in [6.45, 7) is 10.7. The number of hydrogen-bond donors (Lipinski definition) is 0. The van der Waals surface area contributed by atoms with E-state index in [1.165, 1.54) is 6.42 Å². The van der Waals surface area contributed by atoms with Crippen molar-refractivity contribution in [1.82, 2.24) is 4.90 Å². The maximum Gasteiger partial charge on any atom is 0.0975 e. The van der Waals surface area contributed by atoms with E-state index in [1.54, 1.807) is 0 Å². The molecule has 0 fully saturated rings. The average Bonchev–Trinajstić information content (AvgIpc) is 2.17. The van der Waals surface area contributed by atoms with Crippen LogP contribution in [0.2, 0.25) is 0 Å². The van der Waals surface area contributed by atoms with E-state index in [-0.39, 0.29) is 6.04 Å². The molecule has 0 saturated heterocycles. The van der Waals surface area contributed by atoms with Gasteiger partial charge in [0.2, 0.25) is 0 Å².